The smallest absolute Gasteiger partial charge is 0.191 e. The van der Waals surface area contributed by atoms with Gasteiger partial charge in [-0.3, -0.25) is 5.43 Å². The molecule has 0 saturated heterocycles. The van der Waals surface area contributed by atoms with Crippen LogP contribution in [0.3, 0.4) is 0 Å². The molecule has 4 atom stereocenters. The summed E-state index contributed by atoms with van der Waals surface area (Å²) in [6.07, 6.45) is 7.19. The van der Waals surface area contributed by atoms with E-state index in [2.05, 4.69) is 35.9 Å². The molecule has 3 aliphatic carbocycles. The van der Waals surface area contributed by atoms with Gasteiger partial charge in [0.05, 0.1) is 7.11 Å². The fraction of sp³-hybridized carbons (Fsp3) is 0.462. The maximum Gasteiger partial charge on any atom is 0.191 e. The quantitative estimate of drug-likeness (QED) is 0.468. The minimum Gasteiger partial charge on any atom is -0.497 e. The molecule has 0 heterocycles. The maximum atomic E-state index is 5.47. The van der Waals surface area contributed by atoms with E-state index >= 15 is 0 Å². The van der Waals surface area contributed by atoms with Crippen molar-refractivity contribution < 1.29 is 4.74 Å². The molecular weight excluding hydrogens is 402 g/mol. The highest BCUT2D eigenvalue weighted by molar-refractivity contribution is 7.80. The number of para-hydroxylation sites is 1. The normalized spacial score (nSPS) is 30.1. The number of hydrogen-bond donors (Lipinski definition) is 2. The third-order valence-corrected chi connectivity index (χ3v) is 8.19. The molecule has 4 nitrogen and oxygen atoms in total. The zero-order chi connectivity index (χ0) is 21.4. The number of anilines is 1. The van der Waals surface area contributed by atoms with Crippen molar-refractivity contribution in [2.45, 2.75) is 51.4 Å². The highest BCUT2D eigenvalue weighted by Crippen LogP contribution is 2.59. The van der Waals surface area contributed by atoms with Gasteiger partial charge in [0, 0.05) is 16.8 Å². The van der Waals surface area contributed by atoms with Gasteiger partial charge in [-0.2, -0.15) is 5.10 Å². The SMILES string of the molecule is COc1ccc2c(c1)CC[C@@H]1[C@@H]2CC[C@]2(C)C(=NNC(=S)Nc3ccccc3)CC[C@@H]12. The molecule has 5 rings (SSSR count). The first-order chi connectivity index (χ1) is 15.1. The van der Waals surface area contributed by atoms with Crippen LogP contribution in [0.5, 0.6) is 5.75 Å². The summed E-state index contributed by atoms with van der Waals surface area (Å²) in [5.74, 6) is 3.12. The number of hydrazone groups is 1. The van der Waals surface area contributed by atoms with E-state index in [4.69, 9.17) is 22.1 Å². The molecule has 0 aliphatic heterocycles. The van der Waals surface area contributed by atoms with Crippen LogP contribution in [0.15, 0.2) is 53.6 Å². The van der Waals surface area contributed by atoms with Gasteiger partial charge >= 0.3 is 0 Å². The van der Waals surface area contributed by atoms with Crippen molar-refractivity contribution in [3.63, 3.8) is 0 Å². The van der Waals surface area contributed by atoms with Crippen LogP contribution in [0, 0.1) is 17.3 Å². The lowest BCUT2D eigenvalue weighted by Gasteiger charge is -2.49. The van der Waals surface area contributed by atoms with Gasteiger partial charge < -0.3 is 10.1 Å². The van der Waals surface area contributed by atoms with Crippen molar-refractivity contribution in [3.05, 3.63) is 59.7 Å². The van der Waals surface area contributed by atoms with Crippen LogP contribution in [0.4, 0.5) is 5.69 Å². The topological polar surface area (TPSA) is 45.6 Å². The van der Waals surface area contributed by atoms with Crippen LogP contribution < -0.4 is 15.5 Å². The monoisotopic (exact) mass is 433 g/mol. The van der Waals surface area contributed by atoms with E-state index in [-0.39, 0.29) is 5.41 Å². The number of benzene rings is 2. The fourth-order valence-electron chi connectivity index (χ4n) is 6.46. The number of fused-ring (bicyclic) bond motifs is 5. The molecular formula is C26H31N3OS. The van der Waals surface area contributed by atoms with Crippen molar-refractivity contribution in [1.82, 2.24) is 5.43 Å². The first kappa shape index (κ1) is 20.5. The van der Waals surface area contributed by atoms with Crippen LogP contribution in [0.1, 0.15) is 56.1 Å². The molecule has 2 saturated carbocycles. The number of thiocarbonyl (C=S) groups is 1. The largest absolute Gasteiger partial charge is 0.497 e. The Bertz CT molecular complexity index is 1000. The van der Waals surface area contributed by atoms with Crippen molar-refractivity contribution in [2.75, 3.05) is 12.4 Å². The molecule has 2 fully saturated rings. The molecule has 2 aromatic rings. The summed E-state index contributed by atoms with van der Waals surface area (Å²) >= 11 is 5.47. The minimum absolute atomic E-state index is 0.181. The van der Waals surface area contributed by atoms with Crippen LogP contribution >= 0.6 is 12.2 Å². The summed E-state index contributed by atoms with van der Waals surface area (Å²) in [6.45, 7) is 2.44. The van der Waals surface area contributed by atoms with Crippen LogP contribution in [-0.4, -0.2) is 17.9 Å². The third kappa shape index (κ3) is 3.73. The van der Waals surface area contributed by atoms with E-state index in [1.807, 2.05) is 30.3 Å². The molecule has 3 aliphatic rings. The van der Waals surface area contributed by atoms with Gasteiger partial charge in [-0.25, -0.2) is 0 Å². The predicted molar refractivity (Wildman–Crippen MR) is 131 cm³/mol. The van der Waals surface area contributed by atoms with Crippen molar-refractivity contribution in [2.24, 2.45) is 22.4 Å². The Balaban J connectivity index is 1.30. The molecule has 162 valence electrons. The number of aryl methyl sites for hydroxylation is 1. The van der Waals surface area contributed by atoms with Crippen molar-refractivity contribution in [3.8, 4) is 5.75 Å². The summed E-state index contributed by atoms with van der Waals surface area (Å²) in [5.41, 5.74) is 8.65. The first-order valence-corrected chi connectivity index (χ1v) is 11.9. The number of nitrogens with one attached hydrogen (secondary N) is 2. The fourth-order valence-corrected chi connectivity index (χ4v) is 6.62. The average Bonchev–Trinajstić information content (AvgIpc) is 3.14. The summed E-state index contributed by atoms with van der Waals surface area (Å²) in [7, 11) is 1.76. The zero-order valence-electron chi connectivity index (χ0n) is 18.4. The first-order valence-electron chi connectivity index (χ1n) is 11.4. The molecule has 0 bridgehead atoms. The lowest BCUT2D eigenvalue weighted by atomic mass is 9.55. The number of ether oxygens (including phenoxy) is 1. The average molecular weight is 434 g/mol. The van der Waals surface area contributed by atoms with Crippen LogP contribution in [-0.2, 0) is 6.42 Å². The Morgan fingerprint density at radius 1 is 1.10 bits per heavy atom. The minimum atomic E-state index is 0.181. The molecule has 2 N–H and O–H groups in total. The number of nitrogens with zero attached hydrogens (tertiary/aromatic N) is 1. The van der Waals surface area contributed by atoms with Gasteiger partial charge in [-0.05, 0) is 104 Å². The molecule has 2 aromatic carbocycles. The molecule has 31 heavy (non-hydrogen) atoms. The van der Waals surface area contributed by atoms with Gasteiger partial charge in [0.2, 0.25) is 0 Å². The number of hydrogen-bond acceptors (Lipinski definition) is 3. The second-order valence-corrected chi connectivity index (χ2v) is 9.87. The number of rotatable bonds is 3. The van der Waals surface area contributed by atoms with Gasteiger partial charge in [-0.15, -0.1) is 0 Å². The summed E-state index contributed by atoms with van der Waals surface area (Å²) in [4.78, 5) is 0. The predicted octanol–water partition coefficient (Wildman–Crippen LogP) is 5.89. The van der Waals surface area contributed by atoms with Gasteiger partial charge in [0.1, 0.15) is 5.75 Å². The van der Waals surface area contributed by atoms with Gasteiger partial charge in [0.15, 0.2) is 5.11 Å². The Morgan fingerprint density at radius 3 is 2.74 bits per heavy atom. The second kappa shape index (κ2) is 8.27. The maximum absolute atomic E-state index is 5.47. The van der Waals surface area contributed by atoms with E-state index in [1.165, 1.54) is 37.0 Å². The van der Waals surface area contributed by atoms with Gasteiger partial charge in [0.25, 0.3) is 0 Å². The summed E-state index contributed by atoms with van der Waals surface area (Å²) in [5, 5.41) is 8.60. The van der Waals surface area contributed by atoms with Gasteiger partial charge in [-0.1, -0.05) is 31.2 Å². The lowest BCUT2D eigenvalue weighted by molar-refractivity contribution is 0.0954. The van der Waals surface area contributed by atoms with Crippen LogP contribution in [0.2, 0.25) is 0 Å². The van der Waals surface area contributed by atoms with Crippen molar-refractivity contribution >= 4 is 28.7 Å². The van der Waals surface area contributed by atoms with Crippen molar-refractivity contribution in [1.29, 1.82) is 0 Å². The van der Waals surface area contributed by atoms with E-state index in [1.54, 1.807) is 12.7 Å². The highest BCUT2D eigenvalue weighted by Gasteiger charge is 2.53. The Hall–Kier alpha value is -2.40. The van der Waals surface area contributed by atoms with Crippen LogP contribution in [0.25, 0.3) is 0 Å². The molecule has 0 amide bonds. The third-order valence-electron chi connectivity index (χ3n) is 8.00. The molecule has 0 unspecified atom stereocenters. The molecule has 0 spiro atoms. The lowest BCUT2D eigenvalue weighted by Crippen LogP contribution is -2.43. The molecule has 0 aromatic heterocycles. The second-order valence-electron chi connectivity index (χ2n) is 9.47. The Kier molecular flexibility index (Phi) is 5.47. The van der Waals surface area contributed by atoms with E-state index in [9.17, 15) is 0 Å². The Morgan fingerprint density at radius 2 is 1.94 bits per heavy atom. The summed E-state index contributed by atoms with van der Waals surface area (Å²) < 4.78 is 5.46. The van der Waals surface area contributed by atoms with E-state index in [0.717, 1.165) is 30.2 Å². The van der Waals surface area contributed by atoms with E-state index < -0.39 is 0 Å². The Labute approximate surface area is 190 Å². The zero-order valence-corrected chi connectivity index (χ0v) is 19.2. The highest BCUT2D eigenvalue weighted by atomic mass is 32.1. The molecule has 5 heteroatoms. The standard InChI is InChI=1S/C26H31N3OS/c1-26-15-14-21-20-11-9-19(30-2)16-17(20)8-10-22(21)23(26)12-13-24(26)28-29-25(31)27-18-6-4-3-5-7-18/h3-7,9,11,16,21-23H,8,10,12-15H2,1-2H3,(H2,27,29,31)/t21-,22-,23+,26+/m1/s1. The van der Waals surface area contributed by atoms with E-state index in [0.29, 0.717) is 16.9 Å². The summed E-state index contributed by atoms with van der Waals surface area (Å²) in [6, 6.07) is 16.7. The number of methoxy groups -OCH3 is 1. The molecule has 0 radical (unpaired) electrons.